The van der Waals surface area contributed by atoms with Gasteiger partial charge in [0.2, 0.25) is 0 Å². The molecule has 2 N–H and O–H groups in total. The summed E-state index contributed by atoms with van der Waals surface area (Å²) in [6, 6.07) is 13.4. The Hall–Kier alpha value is -2.34. The molecule has 26 heavy (non-hydrogen) atoms. The minimum Gasteiger partial charge on any atom is -0.350 e. The van der Waals surface area contributed by atoms with E-state index >= 15 is 0 Å². The van der Waals surface area contributed by atoms with Gasteiger partial charge in [0.15, 0.2) is 0 Å². The van der Waals surface area contributed by atoms with Crippen LogP contribution in [0.15, 0.2) is 53.4 Å². The van der Waals surface area contributed by atoms with Gasteiger partial charge in [0.1, 0.15) is 0 Å². The highest BCUT2D eigenvalue weighted by molar-refractivity contribution is 7.92. The molecule has 0 fully saturated rings. The monoisotopic (exact) mass is 374 g/mol. The topological polar surface area (TPSA) is 75.3 Å². The van der Waals surface area contributed by atoms with Gasteiger partial charge in [-0.3, -0.25) is 9.52 Å². The van der Waals surface area contributed by atoms with E-state index in [4.69, 9.17) is 0 Å². The van der Waals surface area contributed by atoms with E-state index in [0.717, 1.165) is 12.0 Å². The fourth-order valence-corrected chi connectivity index (χ4v) is 3.58. The van der Waals surface area contributed by atoms with Crippen LogP contribution < -0.4 is 10.0 Å². The molecule has 6 heteroatoms. The lowest BCUT2D eigenvalue weighted by molar-refractivity contribution is 0.0939. The van der Waals surface area contributed by atoms with Crippen molar-refractivity contribution >= 4 is 21.6 Å². The number of anilines is 1. The third-order valence-electron chi connectivity index (χ3n) is 4.24. The number of benzene rings is 2. The summed E-state index contributed by atoms with van der Waals surface area (Å²) in [5.74, 6) is -0.0121. The van der Waals surface area contributed by atoms with E-state index in [1.54, 1.807) is 12.1 Å². The Bertz CT molecular complexity index is 859. The first-order chi connectivity index (χ1) is 12.2. The van der Waals surface area contributed by atoms with E-state index in [1.807, 2.05) is 39.8 Å². The van der Waals surface area contributed by atoms with Gasteiger partial charge in [0.05, 0.1) is 10.6 Å². The van der Waals surface area contributed by atoms with E-state index in [1.165, 1.54) is 24.3 Å². The maximum atomic E-state index is 12.7. The fraction of sp³-hybridized carbons (Fsp3) is 0.350. The molecule has 0 aliphatic rings. The lowest BCUT2D eigenvalue weighted by atomic mass is 10.0. The molecule has 0 aromatic heterocycles. The lowest BCUT2D eigenvalue weighted by Crippen LogP contribution is -2.31. The second-order valence-electron chi connectivity index (χ2n) is 6.65. The van der Waals surface area contributed by atoms with Crippen molar-refractivity contribution in [3.63, 3.8) is 0 Å². The van der Waals surface area contributed by atoms with Crippen molar-refractivity contribution < 1.29 is 13.2 Å². The standard InChI is InChI=1S/C20H26N2O3S/c1-5-15(4)21-20(23)16-10-12-17(13-11-16)26(24,25)22-19-9-7-6-8-18(19)14(2)3/h6-15,22H,5H2,1-4H3,(H,21,23). The Labute approximate surface area is 155 Å². The summed E-state index contributed by atoms with van der Waals surface area (Å²) in [5.41, 5.74) is 1.94. The third kappa shape index (κ3) is 4.85. The highest BCUT2D eigenvalue weighted by atomic mass is 32.2. The van der Waals surface area contributed by atoms with Crippen LogP contribution in [-0.4, -0.2) is 20.4 Å². The summed E-state index contributed by atoms with van der Waals surface area (Å²) in [5, 5.41) is 2.86. The molecular formula is C20H26N2O3S. The van der Waals surface area contributed by atoms with Crippen LogP contribution in [-0.2, 0) is 10.0 Å². The number of nitrogens with one attached hydrogen (secondary N) is 2. The van der Waals surface area contributed by atoms with Crippen LogP contribution in [0.2, 0.25) is 0 Å². The van der Waals surface area contributed by atoms with E-state index in [2.05, 4.69) is 10.0 Å². The molecule has 2 aromatic carbocycles. The van der Waals surface area contributed by atoms with Crippen molar-refractivity contribution in [2.24, 2.45) is 0 Å². The average molecular weight is 375 g/mol. The number of hydrogen-bond acceptors (Lipinski definition) is 3. The van der Waals surface area contributed by atoms with Crippen LogP contribution in [0.4, 0.5) is 5.69 Å². The molecule has 0 saturated carbocycles. The quantitative estimate of drug-likeness (QED) is 0.765. The lowest BCUT2D eigenvalue weighted by Gasteiger charge is -2.15. The third-order valence-corrected chi connectivity index (χ3v) is 5.63. The summed E-state index contributed by atoms with van der Waals surface area (Å²) < 4.78 is 28.0. The molecule has 0 bridgehead atoms. The molecule has 0 spiro atoms. The molecule has 2 rings (SSSR count). The minimum atomic E-state index is -3.72. The number of rotatable bonds is 7. The number of hydrogen-bond donors (Lipinski definition) is 2. The largest absolute Gasteiger partial charge is 0.350 e. The van der Waals surface area contributed by atoms with E-state index in [-0.39, 0.29) is 22.8 Å². The molecule has 0 heterocycles. The van der Waals surface area contributed by atoms with E-state index in [0.29, 0.717) is 11.3 Å². The number of amides is 1. The first-order valence-corrected chi connectivity index (χ1v) is 10.3. The molecule has 1 unspecified atom stereocenters. The minimum absolute atomic E-state index is 0.0695. The van der Waals surface area contributed by atoms with Gasteiger partial charge in [0, 0.05) is 11.6 Å². The van der Waals surface area contributed by atoms with Gasteiger partial charge >= 0.3 is 0 Å². The molecule has 0 radical (unpaired) electrons. The van der Waals surface area contributed by atoms with Crippen LogP contribution in [0.25, 0.3) is 0 Å². The molecular weight excluding hydrogens is 348 g/mol. The maximum Gasteiger partial charge on any atom is 0.261 e. The number of carbonyl (C=O) groups excluding carboxylic acids is 1. The van der Waals surface area contributed by atoms with Crippen molar-refractivity contribution in [1.29, 1.82) is 0 Å². The Morgan fingerprint density at radius 2 is 1.62 bits per heavy atom. The van der Waals surface area contributed by atoms with Crippen molar-refractivity contribution in [3.8, 4) is 0 Å². The molecule has 2 aromatic rings. The molecule has 5 nitrogen and oxygen atoms in total. The van der Waals surface area contributed by atoms with Crippen molar-refractivity contribution in [2.75, 3.05) is 4.72 Å². The van der Waals surface area contributed by atoms with Gasteiger partial charge in [-0.1, -0.05) is 39.0 Å². The summed E-state index contributed by atoms with van der Waals surface area (Å²) in [4.78, 5) is 12.2. The Morgan fingerprint density at radius 3 is 2.19 bits per heavy atom. The molecule has 0 aliphatic heterocycles. The zero-order valence-electron chi connectivity index (χ0n) is 15.6. The first kappa shape index (κ1) is 20.0. The van der Waals surface area contributed by atoms with Crippen LogP contribution in [0.3, 0.4) is 0 Å². The zero-order valence-corrected chi connectivity index (χ0v) is 16.4. The predicted octanol–water partition coefficient (Wildman–Crippen LogP) is 4.14. The van der Waals surface area contributed by atoms with Gasteiger partial charge in [-0.2, -0.15) is 0 Å². The second-order valence-corrected chi connectivity index (χ2v) is 8.34. The molecule has 0 saturated heterocycles. The van der Waals surface area contributed by atoms with Gasteiger partial charge in [-0.25, -0.2) is 8.42 Å². The summed E-state index contributed by atoms with van der Waals surface area (Å²) in [6.07, 6.45) is 0.831. The zero-order chi connectivity index (χ0) is 19.3. The first-order valence-electron chi connectivity index (χ1n) is 8.77. The van der Waals surface area contributed by atoms with Gasteiger partial charge in [-0.05, 0) is 55.2 Å². The highest BCUT2D eigenvalue weighted by Gasteiger charge is 2.18. The average Bonchev–Trinajstić information content (AvgIpc) is 2.61. The Morgan fingerprint density at radius 1 is 1.00 bits per heavy atom. The van der Waals surface area contributed by atoms with Crippen LogP contribution in [0, 0.1) is 0 Å². The number of para-hydroxylation sites is 1. The van der Waals surface area contributed by atoms with Gasteiger partial charge in [0.25, 0.3) is 15.9 Å². The number of carbonyl (C=O) groups is 1. The summed E-state index contributed by atoms with van der Waals surface area (Å²) in [6.45, 7) is 7.93. The van der Waals surface area contributed by atoms with Crippen molar-refractivity contribution in [2.45, 2.75) is 51.0 Å². The van der Waals surface area contributed by atoms with Crippen molar-refractivity contribution in [3.05, 3.63) is 59.7 Å². The van der Waals surface area contributed by atoms with E-state index < -0.39 is 10.0 Å². The van der Waals surface area contributed by atoms with E-state index in [9.17, 15) is 13.2 Å². The van der Waals surface area contributed by atoms with Gasteiger partial charge in [-0.15, -0.1) is 0 Å². The highest BCUT2D eigenvalue weighted by Crippen LogP contribution is 2.26. The smallest absolute Gasteiger partial charge is 0.261 e. The van der Waals surface area contributed by atoms with Gasteiger partial charge < -0.3 is 5.32 Å². The van der Waals surface area contributed by atoms with Crippen molar-refractivity contribution in [1.82, 2.24) is 5.32 Å². The molecule has 0 aliphatic carbocycles. The number of sulfonamides is 1. The molecule has 1 atom stereocenters. The Balaban J connectivity index is 2.21. The SMILES string of the molecule is CCC(C)NC(=O)c1ccc(S(=O)(=O)Nc2ccccc2C(C)C)cc1. The molecule has 1 amide bonds. The fourth-order valence-electron chi connectivity index (χ4n) is 2.49. The second kappa shape index (κ2) is 8.36. The summed E-state index contributed by atoms with van der Waals surface area (Å²) >= 11 is 0. The molecule has 140 valence electrons. The Kier molecular flexibility index (Phi) is 6.42. The predicted molar refractivity (Wildman–Crippen MR) is 105 cm³/mol. The van der Waals surface area contributed by atoms with Crippen LogP contribution in [0.1, 0.15) is 56.0 Å². The summed E-state index contributed by atoms with van der Waals surface area (Å²) in [7, 11) is -3.72. The van der Waals surface area contributed by atoms with Crippen LogP contribution in [0.5, 0.6) is 0 Å². The normalized spacial score (nSPS) is 12.7. The van der Waals surface area contributed by atoms with Crippen LogP contribution >= 0.6 is 0 Å². The maximum absolute atomic E-state index is 12.7.